The Morgan fingerprint density at radius 2 is 1.59 bits per heavy atom. The van der Waals surface area contributed by atoms with Crippen LogP contribution < -0.4 is 0 Å². The van der Waals surface area contributed by atoms with Crippen LogP contribution in [0.25, 0.3) is 5.57 Å². The Labute approximate surface area is 146 Å². The molecule has 1 heterocycles. The van der Waals surface area contributed by atoms with Crippen LogP contribution in [0.4, 0.5) is 0 Å². The van der Waals surface area contributed by atoms with Gasteiger partial charge in [-0.05, 0) is 35.9 Å². The van der Waals surface area contributed by atoms with Crippen LogP contribution in [0.5, 0.6) is 0 Å². The monoisotopic (exact) mass is 466 g/mol. The molecule has 0 saturated carbocycles. The number of hydrogen-bond acceptors (Lipinski definition) is 1. The average molecular weight is 466 g/mol. The smallest absolute Gasteiger partial charge is 0 e. The molecule has 2 aromatic carbocycles. The van der Waals surface area contributed by atoms with Crippen LogP contribution in [0.15, 0.2) is 72.4 Å². The van der Waals surface area contributed by atoms with Crippen molar-refractivity contribution in [3.05, 3.63) is 103 Å². The van der Waals surface area contributed by atoms with Gasteiger partial charge in [0, 0.05) is 20.1 Å². The van der Waals surface area contributed by atoms with E-state index in [-0.39, 0.29) is 26.1 Å². The Kier molecular flexibility index (Phi) is 5.28. The van der Waals surface area contributed by atoms with E-state index in [2.05, 4.69) is 69.6 Å². The zero-order chi connectivity index (χ0) is 14.8. The standard InChI is InChI=1S/C20H19N.Ir/c1-15-9-7-8-12-18(15)20-13-16(2)19(14-21(20)3)17-10-5-4-6-11-17;/h4-14,20H,1,3H2,2H3;/q-2;. The van der Waals surface area contributed by atoms with Gasteiger partial charge in [0.25, 0.3) is 0 Å². The molecule has 2 aromatic rings. The predicted molar refractivity (Wildman–Crippen MR) is 89.0 cm³/mol. The van der Waals surface area contributed by atoms with Gasteiger partial charge in [-0.1, -0.05) is 42.5 Å². The van der Waals surface area contributed by atoms with Crippen molar-refractivity contribution in [3.8, 4) is 0 Å². The summed E-state index contributed by atoms with van der Waals surface area (Å²) in [5, 5.41) is 0. The van der Waals surface area contributed by atoms with Gasteiger partial charge in [0.1, 0.15) is 0 Å². The zero-order valence-electron chi connectivity index (χ0n) is 12.6. The van der Waals surface area contributed by atoms with Gasteiger partial charge in [-0.15, -0.1) is 17.7 Å². The summed E-state index contributed by atoms with van der Waals surface area (Å²) < 4.78 is 0. The molecule has 0 aliphatic carbocycles. The van der Waals surface area contributed by atoms with E-state index in [1.54, 1.807) is 0 Å². The summed E-state index contributed by atoms with van der Waals surface area (Å²) in [5.74, 6) is 0. The number of allylic oxidation sites excluding steroid dienone is 2. The van der Waals surface area contributed by atoms with Crippen molar-refractivity contribution in [2.45, 2.75) is 13.0 Å². The molecule has 1 aliphatic rings. The van der Waals surface area contributed by atoms with Crippen molar-refractivity contribution >= 4 is 5.57 Å². The van der Waals surface area contributed by atoms with Crippen molar-refractivity contribution < 1.29 is 20.1 Å². The van der Waals surface area contributed by atoms with Gasteiger partial charge in [0.2, 0.25) is 0 Å². The fraction of sp³-hybridized carbons (Fsp3) is 0.100. The van der Waals surface area contributed by atoms with Crippen LogP contribution in [-0.4, -0.2) is 4.90 Å². The van der Waals surface area contributed by atoms with Gasteiger partial charge in [0.15, 0.2) is 0 Å². The summed E-state index contributed by atoms with van der Waals surface area (Å²) in [6.45, 7) is 6.29. The first-order chi connectivity index (χ1) is 10.2. The number of nitrogens with zero attached hydrogens (tertiary/aromatic N) is 1. The molecule has 1 unspecified atom stereocenters. The maximum atomic E-state index is 4.19. The topological polar surface area (TPSA) is 3.24 Å². The molecular formula is C20H19IrN-2. The van der Waals surface area contributed by atoms with Crippen molar-refractivity contribution in [1.29, 1.82) is 0 Å². The predicted octanol–water partition coefficient (Wildman–Crippen LogP) is 5.00. The number of benzene rings is 2. The molecule has 0 saturated heterocycles. The molecule has 0 bridgehead atoms. The first-order valence-corrected chi connectivity index (χ1v) is 7.12. The van der Waals surface area contributed by atoms with Crippen molar-refractivity contribution in [2.75, 3.05) is 0 Å². The summed E-state index contributed by atoms with van der Waals surface area (Å²) in [7, 11) is 4.19. The van der Waals surface area contributed by atoms with Crippen molar-refractivity contribution in [3.63, 3.8) is 0 Å². The Morgan fingerprint density at radius 1 is 0.955 bits per heavy atom. The minimum Gasteiger partial charge on any atom is -0.531 e. The molecule has 1 radical (unpaired) electrons. The Hall–Kier alpha value is -1.76. The Balaban J connectivity index is 0.00000176. The Morgan fingerprint density at radius 3 is 2.27 bits per heavy atom. The quantitative estimate of drug-likeness (QED) is 0.564. The normalized spacial score (nSPS) is 17.4. The second-order valence-corrected chi connectivity index (χ2v) is 5.42. The molecule has 0 N–H and O–H groups in total. The van der Waals surface area contributed by atoms with Crippen LogP contribution in [0.2, 0.25) is 0 Å². The van der Waals surface area contributed by atoms with Gasteiger partial charge >= 0.3 is 0 Å². The molecule has 1 aliphatic heterocycles. The molecule has 1 atom stereocenters. The summed E-state index contributed by atoms with van der Waals surface area (Å²) in [6, 6.07) is 18.8. The van der Waals surface area contributed by atoms with E-state index in [9.17, 15) is 0 Å². The largest absolute Gasteiger partial charge is 0.531 e. The third-order valence-electron chi connectivity index (χ3n) is 3.94. The zero-order valence-corrected chi connectivity index (χ0v) is 15.0. The maximum Gasteiger partial charge on any atom is 0 e. The van der Waals surface area contributed by atoms with E-state index in [0.717, 1.165) is 5.56 Å². The van der Waals surface area contributed by atoms with Gasteiger partial charge < -0.3 is 4.90 Å². The van der Waals surface area contributed by atoms with Crippen LogP contribution in [0.3, 0.4) is 0 Å². The molecule has 115 valence electrons. The van der Waals surface area contributed by atoms with E-state index in [1.807, 2.05) is 23.1 Å². The third kappa shape index (κ3) is 3.19. The van der Waals surface area contributed by atoms with E-state index < -0.39 is 0 Å². The van der Waals surface area contributed by atoms with Crippen LogP contribution in [0.1, 0.15) is 29.7 Å². The second kappa shape index (κ2) is 7.00. The van der Waals surface area contributed by atoms with Crippen molar-refractivity contribution in [1.82, 2.24) is 4.90 Å². The van der Waals surface area contributed by atoms with Gasteiger partial charge in [-0.3, -0.25) is 7.05 Å². The van der Waals surface area contributed by atoms with Crippen LogP contribution in [-0.2, 0) is 20.1 Å². The number of hydrogen-bond donors (Lipinski definition) is 0. The van der Waals surface area contributed by atoms with E-state index in [4.69, 9.17) is 0 Å². The first kappa shape index (κ1) is 16.6. The fourth-order valence-electron chi connectivity index (χ4n) is 2.78. The molecule has 0 spiro atoms. The minimum absolute atomic E-state index is 0. The molecule has 0 aromatic heterocycles. The van der Waals surface area contributed by atoms with Crippen molar-refractivity contribution in [2.24, 2.45) is 0 Å². The average Bonchev–Trinajstić information content (AvgIpc) is 2.51. The van der Waals surface area contributed by atoms with E-state index >= 15 is 0 Å². The summed E-state index contributed by atoms with van der Waals surface area (Å²) in [4.78, 5) is 2.01. The maximum absolute atomic E-state index is 4.19. The molecule has 2 heteroatoms. The molecule has 22 heavy (non-hydrogen) atoms. The first-order valence-electron chi connectivity index (χ1n) is 7.12. The van der Waals surface area contributed by atoms with E-state index in [1.165, 1.54) is 22.3 Å². The SMILES string of the molecule is [CH2-]c1ccccc1C1C=C(C)C(c2ccccc2)=CN1[CH2-].[Ir]. The summed E-state index contributed by atoms with van der Waals surface area (Å²) in [6.07, 6.45) is 4.39. The van der Waals surface area contributed by atoms with Crippen LogP contribution >= 0.6 is 0 Å². The molecule has 0 fully saturated rings. The van der Waals surface area contributed by atoms with Gasteiger partial charge in [0.05, 0.1) is 0 Å². The summed E-state index contributed by atoms with van der Waals surface area (Å²) in [5.41, 5.74) is 5.98. The van der Waals surface area contributed by atoms with Gasteiger partial charge in [-0.25, -0.2) is 0 Å². The third-order valence-corrected chi connectivity index (χ3v) is 3.94. The van der Waals surface area contributed by atoms with E-state index in [0.29, 0.717) is 0 Å². The minimum atomic E-state index is 0. The fourth-order valence-corrected chi connectivity index (χ4v) is 2.78. The molecular weight excluding hydrogens is 446 g/mol. The number of rotatable bonds is 2. The van der Waals surface area contributed by atoms with Crippen LogP contribution in [0, 0.1) is 14.0 Å². The van der Waals surface area contributed by atoms with Gasteiger partial charge in [-0.2, -0.15) is 18.6 Å². The molecule has 0 amide bonds. The Bertz CT molecular complexity index is 701. The molecule has 3 rings (SSSR count). The molecule has 1 nitrogen and oxygen atoms in total. The second-order valence-electron chi connectivity index (χ2n) is 5.42. The summed E-state index contributed by atoms with van der Waals surface area (Å²) >= 11 is 0.